The van der Waals surface area contributed by atoms with E-state index < -0.39 is 0 Å². The largest absolute Gasteiger partial charge is 0.389 e. The predicted molar refractivity (Wildman–Crippen MR) is 72.5 cm³/mol. The van der Waals surface area contributed by atoms with Crippen LogP contribution in [0.2, 0.25) is 0 Å². The molecule has 0 fully saturated rings. The molecule has 0 saturated carbocycles. The molecule has 2 heteroatoms. The number of hydrogen-bond acceptors (Lipinski definition) is 1. The van der Waals surface area contributed by atoms with Crippen LogP contribution >= 0.6 is 0 Å². The van der Waals surface area contributed by atoms with Gasteiger partial charge in [-0.2, -0.15) is 0 Å². The van der Waals surface area contributed by atoms with Gasteiger partial charge in [-0.25, -0.2) is 0 Å². The van der Waals surface area contributed by atoms with Crippen LogP contribution in [0.5, 0.6) is 0 Å². The second kappa shape index (κ2) is 4.54. The monoisotopic (exact) mass is 210 g/mol. The number of hydrogen-bond donors (Lipinski definition) is 1. The third-order valence-electron chi connectivity index (χ3n) is 2.90. The van der Waals surface area contributed by atoms with E-state index in [1.54, 1.807) is 0 Å². The van der Waals surface area contributed by atoms with Crippen LogP contribution in [0.4, 0.5) is 0 Å². The van der Waals surface area contributed by atoms with E-state index in [0.29, 0.717) is 6.42 Å². The maximum atomic E-state index is 9.37. The molecule has 0 aliphatic heterocycles. The summed E-state index contributed by atoms with van der Waals surface area (Å²) in [6, 6.07) is 6.33. The summed E-state index contributed by atoms with van der Waals surface area (Å²) in [6.07, 6.45) is 8.15. The highest BCUT2D eigenvalue weighted by atomic mass is 16.3. The summed E-state index contributed by atoms with van der Waals surface area (Å²) in [5, 5.41) is 9.37. The van der Waals surface area contributed by atoms with Gasteiger partial charge in [-0.15, -0.1) is 0 Å². The van der Waals surface area contributed by atoms with Crippen LogP contribution in [0, 0.1) is 0 Å². The average molecular weight is 210 g/mol. The number of rotatable bonds is 2. The van der Waals surface area contributed by atoms with Crippen LogP contribution in [0.25, 0.3) is 11.6 Å². The van der Waals surface area contributed by atoms with Gasteiger partial charge in [-0.1, -0.05) is 54.5 Å². The van der Waals surface area contributed by atoms with Crippen LogP contribution in [-0.2, 0) is 0 Å². The molecule has 0 amide bonds. The van der Waals surface area contributed by atoms with Crippen molar-refractivity contribution in [2.24, 2.45) is 0 Å². The minimum Gasteiger partial charge on any atom is -0.389 e. The molecule has 1 N–H and O–H groups in total. The van der Waals surface area contributed by atoms with Gasteiger partial charge in [0.05, 0.1) is 6.10 Å². The van der Waals surface area contributed by atoms with E-state index in [0.717, 1.165) is 0 Å². The van der Waals surface area contributed by atoms with Gasteiger partial charge < -0.3 is 5.11 Å². The molecule has 1 unspecified atom stereocenters. The van der Waals surface area contributed by atoms with E-state index in [1.165, 1.54) is 22.2 Å². The molecule has 1 aromatic rings. The quantitative estimate of drug-likeness (QED) is 0.729. The zero-order valence-corrected chi connectivity index (χ0v) is 9.48. The van der Waals surface area contributed by atoms with Gasteiger partial charge in [0.2, 0.25) is 0 Å². The molecule has 0 spiro atoms. The second-order valence-electron chi connectivity index (χ2n) is 4.10. The summed E-state index contributed by atoms with van der Waals surface area (Å²) >= 11 is 0. The Balaban J connectivity index is 2.32. The molecular formula is C14H15BO. The molecule has 2 rings (SSSR count). The summed E-state index contributed by atoms with van der Waals surface area (Å²) in [7, 11) is 2.09. The van der Waals surface area contributed by atoms with Crippen LogP contribution in [0.15, 0.2) is 43.0 Å². The van der Waals surface area contributed by atoms with E-state index in [9.17, 15) is 5.11 Å². The summed E-state index contributed by atoms with van der Waals surface area (Å²) in [5.74, 6) is 0. The SMILES string of the molecule is Bc1cc(C2=CCC(O)C=C2)ccc1C=C. The van der Waals surface area contributed by atoms with Gasteiger partial charge in [0.1, 0.15) is 7.85 Å². The first-order chi connectivity index (χ1) is 7.70. The summed E-state index contributed by atoms with van der Waals surface area (Å²) in [4.78, 5) is 0. The lowest BCUT2D eigenvalue weighted by Crippen LogP contribution is -2.09. The van der Waals surface area contributed by atoms with Crippen molar-refractivity contribution in [3.05, 3.63) is 54.1 Å². The maximum absolute atomic E-state index is 9.37. The van der Waals surface area contributed by atoms with Crippen molar-refractivity contribution in [2.45, 2.75) is 12.5 Å². The number of benzene rings is 1. The Morgan fingerprint density at radius 3 is 2.81 bits per heavy atom. The Bertz CT molecular complexity index is 472. The van der Waals surface area contributed by atoms with Crippen LogP contribution in [-0.4, -0.2) is 19.1 Å². The molecule has 1 aromatic carbocycles. The molecule has 0 heterocycles. The molecule has 1 atom stereocenters. The van der Waals surface area contributed by atoms with Gasteiger partial charge in [0.25, 0.3) is 0 Å². The zero-order chi connectivity index (χ0) is 11.5. The van der Waals surface area contributed by atoms with Crippen molar-refractivity contribution >= 4 is 25.0 Å². The molecule has 0 saturated heterocycles. The highest BCUT2D eigenvalue weighted by molar-refractivity contribution is 6.34. The average Bonchev–Trinajstić information content (AvgIpc) is 2.30. The Morgan fingerprint density at radius 1 is 1.44 bits per heavy atom. The van der Waals surface area contributed by atoms with Crippen LogP contribution in [0.3, 0.4) is 0 Å². The van der Waals surface area contributed by atoms with E-state index in [4.69, 9.17) is 0 Å². The van der Waals surface area contributed by atoms with Gasteiger partial charge in [-0.05, 0) is 23.1 Å². The third-order valence-corrected chi connectivity index (χ3v) is 2.90. The first kappa shape index (κ1) is 11.0. The van der Waals surface area contributed by atoms with Crippen molar-refractivity contribution in [3.8, 4) is 0 Å². The standard InChI is InChI=1S/C14H15BO/c1-2-10-3-4-12(9-14(10)15)11-5-7-13(16)8-6-11/h2-7,9,13,16H,1,8,15H2. The number of aliphatic hydroxyl groups is 1. The Labute approximate surface area is 97.2 Å². The summed E-state index contributed by atoms with van der Waals surface area (Å²) in [5.41, 5.74) is 4.78. The normalized spacial score (nSPS) is 19.3. The van der Waals surface area contributed by atoms with Crippen molar-refractivity contribution in [3.63, 3.8) is 0 Å². The minimum atomic E-state index is -0.322. The predicted octanol–water partition coefficient (Wildman–Crippen LogP) is 1.29. The lowest BCUT2D eigenvalue weighted by atomic mass is 9.86. The first-order valence-electron chi connectivity index (χ1n) is 5.50. The van der Waals surface area contributed by atoms with Gasteiger partial charge >= 0.3 is 0 Å². The minimum absolute atomic E-state index is 0.322. The highest BCUT2D eigenvalue weighted by Crippen LogP contribution is 2.21. The maximum Gasteiger partial charge on any atom is 0.140 e. The van der Waals surface area contributed by atoms with Crippen LogP contribution in [0.1, 0.15) is 17.5 Å². The van der Waals surface area contributed by atoms with Gasteiger partial charge in [-0.3, -0.25) is 0 Å². The second-order valence-corrected chi connectivity index (χ2v) is 4.10. The molecule has 0 bridgehead atoms. The molecule has 16 heavy (non-hydrogen) atoms. The van der Waals surface area contributed by atoms with E-state index in [-0.39, 0.29) is 6.10 Å². The lowest BCUT2D eigenvalue weighted by Gasteiger charge is -2.12. The van der Waals surface area contributed by atoms with Crippen molar-refractivity contribution in [1.82, 2.24) is 0 Å². The van der Waals surface area contributed by atoms with E-state index >= 15 is 0 Å². The molecule has 1 nitrogen and oxygen atoms in total. The fourth-order valence-electron chi connectivity index (χ4n) is 1.91. The highest BCUT2D eigenvalue weighted by Gasteiger charge is 2.07. The van der Waals surface area contributed by atoms with Crippen molar-refractivity contribution < 1.29 is 5.11 Å². The van der Waals surface area contributed by atoms with E-state index in [1.807, 2.05) is 18.2 Å². The molecule has 80 valence electrons. The van der Waals surface area contributed by atoms with Crippen LogP contribution < -0.4 is 5.46 Å². The fraction of sp³-hybridized carbons (Fsp3) is 0.143. The third kappa shape index (κ3) is 2.17. The Morgan fingerprint density at radius 2 is 2.25 bits per heavy atom. The number of aliphatic hydroxyl groups excluding tert-OH is 1. The zero-order valence-electron chi connectivity index (χ0n) is 9.48. The molecule has 1 aliphatic carbocycles. The molecule has 0 radical (unpaired) electrons. The van der Waals surface area contributed by atoms with Gasteiger partial charge in [0.15, 0.2) is 0 Å². The molecular weight excluding hydrogens is 195 g/mol. The van der Waals surface area contributed by atoms with Crippen molar-refractivity contribution in [2.75, 3.05) is 0 Å². The molecule has 1 aliphatic rings. The topological polar surface area (TPSA) is 20.2 Å². The van der Waals surface area contributed by atoms with E-state index in [2.05, 4.69) is 38.7 Å². The molecule has 0 aromatic heterocycles. The first-order valence-corrected chi connectivity index (χ1v) is 5.50. The lowest BCUT2D eigenvalue weighted by molar-refractivity contribution is 0.226. The van der Waals surface area contributed by atoms with Gasteiger partial charge in [0, 0.05) is 0 Å². The van der Waals surface area contributed by atoms with Crippen molar-refractivity contribution in [1.29, 1.82) is 0 Å². The number of allylic oxidation sites excluding steroid dienone is 2. The summed E-state index contributed by atoms with van der Waals surface area (Å²) < 4.78 is 0. The summed E-state index contributed by atoms with van der Waals surface area (Å²) in [6.45, 7) is 3.78. The Kier molecular flexibility index (Phi) is 3.11. The smallest absolute Gasteiger partial charge is 0.140 e. The fourth-order valence-corrected chi connectivity index (χ4v) is 1.91. The Hall–Kier alpha value is -1.54.